The quantitative estimate of drug-likeness (QED) is 0.120. The van der Waals surface area contributed by atoms with Gasteiger partial charge in [0.05, 0.1) is 0 Å². The van der Waals surface area contributed by atoms with Crippen molar-refractivity contribution in [3.05, 3.63) is 164 Å². The van der Waals surface area contributed by atoms with Gasteiger partial charge >= 0.3 is 119 Å². The second-order valence-corrected chi connectivity index (χ2v) is 41.5. The molecule has 0 amide bonds. The summed E-state index contributed by atoms with van der Waals surface area (Å²) in [6, 6.07) is 30.1. The zero-order valence-corrected chi connectivity index (χ0v) is 59.2. The summed E-state index contributed by atoms with van der Waals surface area (Å²) in [7, 11) is -1.96. The van der Waals surface area contributed by atoms with Crippen LogP contribution in [0.2, 0.25) is 39.3 Å². The van der Waals surface area contributed by atoms with Gasteiger partial charge in [0.1, 0.15) is 0 Å². The molecule has 76 heavy (non-hydrogen) atoms. The number of rotatable bonds is 2. The third-order valence-corrected chi connectivity index (χ3v) is 21.7. The Morgan fingerprint density at radius 1 is 0.408 bits per heavy atom. The van der Waals surface area contributed by atoms with Crippen molar-refractivity contribution in [1.29, 1.82) is 0 Å². The number of benzene rings is 4. The van der Waals surface area contributed by atoms with Crippen LogP contribution in [-0.2, 0) is 83.0 Å². The molecule has 6 aliphatic carbocycles. The summed E-state index contributed by atoms with van der Waals surface area (Å²) in [6.45, 7) is 41.5. The Kier molecular flexibility index (Phi) is 26.5. The van der Waals surface area contributed by atoms with Gasteiger partial charge in [0.25, 0.3) is 0 Å². The van der Waals surface area contributed by atoms with E-state index in [1.54, 1.807) is 65.3 Å². The average Bonchev–Trinajstić information content (AvgIpc) is 4.16. The minimum atomic E-state index is -0.981. The minimum absolute atomic E-state index is 0. The second-order valence-electron chi connectivity index (χ2n) is 27.9. The van der Waals surface area contributed by atoms with Crippen LogP contribution < -0.4 is 24.8 Å². The number of allylic oxidation sites excluding steroid dienone is 8. The van der Waals surface area contributed by atoms with Crippen molar-refractivity contribution in [2.45, 2.75) is 234 Å². The molecule has 2 fully saturated rings. The van der Waals surface area contributed by atoms with Crippen molar-refractivity contribution >= 4 is 22.6 Å². The average molecular weight is 1250 g/mol. The van der Waals surface area contributed by atoms with E-state index < -0.39 is 16.1 Å². The molecule has 408 valence electrons. The van der Waals surface area contributed by atoms with Gasteiger partial charge in [0.15, 0.2) is 0 Å². The molecule has 0 saturated heterocycles. The van der Waals surface area contributed by atoms with Gasteiger partial charge in [-0.2, -0.15) is 70.8 Å². The molecule has 0 heterocycles. The van der Waals surface area contributed by atoms with E-state index in [4.69, 9.17) is 0 Å². The van der Waals surface area contributed by atoms with Crippen LogP contribution in [0.5, 0.6) is 0 Å². The molecule has 0 nitrogen and oxygen atoms in total. The molecule has 4 aromatic rings. The Hall–Kier alpha value is -1.64. The fourth-order valence-electron chi connectivity index (χ4n) is 9.77. The van der Waals surface area contributed by atoms with E-state index in [9.17, 15) is 0 Å². The summed E-state index contributed by atoms with van der Waals surface area (Å²) in [5.74, 6) is 0. The maximum atomic E-state index is 3.53. The molecular formula is C70H96Cl2Si2Zr2-2. The molecule has 0 bridgehead atoms. The van der Waals surface area contributed by atoms with Crippen molar-refractivity contribution in [2.75, 3.05) is 0 Å². The predicted molar refractivity (Wildman–Crippen MR) is 326 cm³/mol. The first-order valence-corrected chi connectivity index (χ1v) is 37.8. The van der Waals surface area contributed by atoms with Crippen molar-refractivity contribution in [3.63, 3.8) is 0 Å². The maximum absolute atomic E-state index is 3.53. The van der Waals surface area contributed by atoms with Gasteiger partial charge < -0.3 is 24.8 Å². The Balaban J connectivity index is 0.000000255. The molecule has 0 atom stereocenters. The van der Waals surface area contributed by atoms with Crippen molar-refractivity contribution in [3.8, 4) is 22.3 Å². The van der Waals surface area contributed by atoms with E-state index in [0.29, 0.717) is 0 Å². The summed E-state index contributed by atoms with van der Waals surface area (Å²) < 4.78 is 3.61. The third kappa shape index (κ3) is 21.0. The molecule has 10 rings (SSSR count). The molecule has 6 aliphatic rings. The van der Waals surface area contributed by atoms with E-state index in [-0.39, 0.29) is 46.5 Å². The molecule has 0 aliphatic heterocycles. The van der Waals surface area contributed by atoms with E-state index in [1.807, 2.05) is 0 Å². The number of hydrogen-bond donors (Lipinski definition) is 0. The van der Waals surface area contributed by atoms with Gasteiger partial charge in [0, 0.05) is 0 Å². The van der Waals surface area contributed by atoms with Crippen molar-refractivity contribution in [2.24, 2.45) is 0 Å². The molecule has 0 radical (unpaired) electrons. The Morgan fingerprint density at radius 3 is 0.934 bits per heavy atom. The van der Waals surface area contributed by atoms with Gasteiger partial charge in [0.2, 0.25) is 0 Å². The zero-order chi connectivity index (χ0) is 54.9. The number of fused-ring (bicyclic) bond motifs is 6. The van der Waals surface area contributed by atoms with Crippen LogP contribution in [0, 0.1) is 24.3 Å². The van der Waals surface area contributed by atoms with Crippen LogP contribution in [0.1, 0.15) is 205 Å². The molecule has 6 heteroatoms. The summed E-state index contributed by atoms with van der Waals surface area (Å²) in [6.07, 6.45) is 34.1. The summed E-state index contributed by atoms with van der Waals surface area (Å²) in [5, 5.41) is 3.12. The van der Waals surface area contributed by atoms with Crippen LogP contribution in [0.25, 0.3) is 22.3 Å². The summed E-state index contributed by atoms with van der Waals surface area (Å²) >= 11 is 3.38. The summed E-state index contributed by atoms with van der Waals surface area (Å²) in [5.41, 5.74) is 17.5. The van der Waals surface area contributed by atoms with Crippen LogP contribution in [0.15, 0.2) is 95.4 Å². The van der Waals surface area contributed by atoms with Crippen molar-refractivity contribution in [1.82, 2.24) is 0 Å². The Bertz CT molecular complexity index is 2380. The molecule has 0 unspecified atom stereocenters. The number of halogens is 2. The first kappa shape index (κ1) is 68.6. The topological polar surface area (TPSA) is 0 Å². The van der Waals surface area contributed by atoms with Gasteiger partial charge in [-0.25, -0.2) is 22.5 Å². The normalized spacial score (nSPS) is 16.3. The SMILES string of the molecule is CC(C)(C)c1c[c-]c2c(c1)-c1cc(C(C)(C)C)ccc1C2.CC(C)(C)c1c[c-]c2c(c1)-c1cc(C(C)(C)C)ccc1C2.C[Si](C)(C)C1=CC[C-]=C1.C[Si](C)(C)C1=CC[C-]=C1.[Cl-].[Cl-].[Zr+2]=[C]1CCCCC1.[Zr+2]=[C]1CCCCC1. The molecular weight excluding hydrogens is 1150 g/mol. The monoisotopic (exact) mass is 1240 g/mol. The van der Waals surface area contributed by atoms with E-state index in [0.717, 1.165) is 25.7 Å². The van der Waals surface area contributed by atoms with Crippen LogP contribution in [-0.4, -0.2) is 22.6 Å². The Morgan fingerprint density at radius 2 is 0.711 bits per heavy atom. The van der Waals surface area contributed by atoms with Crippen molar-refractivity contribution < 1.29 is 73.3 Å². The first-order chi connectivity index (χ1) is 34.3. The molecule has 0 N–H and O–H groups in total. The molecule has 0 aromatic heterocycles. The molecule has 2 saturated carbocycles. The summed E-state index contributed by atoms with van der Waals surface area (Å²) in [4.78, 5) is 0. The third-order valence-electron chi connectivity index (χ3n) is 15.1. The standard InChI is InChI=1S/2C21H25.2C8H13Si.2C6H10.2ClH.2Zr/c2*1-20(2,3)16-9-7-14-11-15-8-10-17(21(4,5)6)13-19(15)18(14)12-16;2*1-9(2,3)8-6-4-5-7-8;2*1-2-4-6-5-3-1;;;;/h2*7,9-10,12-13H,11H2,1-6H3;2*6-7H,4H2,1-3H3;2*1-5H2;2*1H;;/q4*-1;;;;;2*+2/p-2. The van der Waals surface area contributed by atoms with Gasteiger partial charge in [-0.1, -0.05) is 192 Å². The molecule has 4 aromatic carbocycles. The molecule has 0 spiro atoms. The fourth-order valence-corrected chi connectivity index (χ4v) is 14.0. The van der Waals surface area contributed by atoms with Crippen LogP contribution in [0.4, 0.5) is 0 Å². The van der Waals surface area contributed by atoms with Gasteiger partial charge in [-0.05, 0) is 50.9 Å². The zero-order valence-electron chi connectivity index (χ0n) is 50.7. The van der Waals surface area contributed by atoms with E-state index in [1.165, 1.54) is 131 Å². The van der Waals surface area contributed by atoms with Gasteiger partial charge in [-0.3, -0.25) is 12.2 Å². The van der Waals surface area contributed by atoms with E-state index >= 15 is 0 Å². The number of hydrogen-bond acceptors (Lipinski definition) is 0. The Labute approximate surface area is 511 Å². The predicted octanol–water partition coefficient (Wildman–Crippen LogP) is 13.8. The fraction of sp³-hybridized carbons (Fsp3) is 0.514. The first-order valence-electron chi connectivity index (χ1n) is 28.4. The van der Waals surface area contributed by atoms with Crippen LogP contribution >= 0.6 is 0 Å². The van der Waals surface area contributed by atoms with Gasteiger partial charge in [-0.15, -0.1) is 24.0 Å². The second kappa shape index (κ2) is 29.4. The van der Waals surface area contributed by atoms with Crippen LogP contribution in [0.3, 0.4) is 0 Å². The van der Waals surface area contributed by atoms with E-state index in [2.05, 4.69) is 232 Å².